The molecule has 0 aliphatic carbocycles. The minimum absolute atomic E-state index is 0.141. The van der Waals surface area contributed by atoms with Crippen LogP contribution in [0.1, 0.15) is 11.3 Å². The highest BCUT2D eigenvalue weighted by Crippen LogP contribution is 2.29. The fourth-order valence-corrected chi connectivity index (χ4v) is 2.56. The standard InChI is InChI=1S/C14H16FN3O/c15-12-4-2-1-3-10(12)14-11-9-18(7-8-19)6-5-13(11)16-17-14/h1-4,19H,5-9H2,(H,16,17). The zero-order valence-electron chi connectivity index (χ0n) is 10.6. The second kappa shape index (κ2) is 5.11. The van der Waals surface area contributed by atoms with Crippen molar-refractivity contribution in [3.63, 3.8) is 0 Å². The van der Waals surface area contributed by atoms with E-state index in [0.717, 1.165) is 24.2 Å². The number of aromatic amines is 1. The van der Waals surface area contributed by atoms with Crippen molar-refractivity contribution in [2.24, 2.45) is 0 Å². The summed E-state index contributed by atoms with van der Waals surface area (Å²) in [5.74, 6) is -0.254. The van der Waals surface area contributed by atoms with E-state index in [2.05, 4.69) is 15.1 Å². The van der Waals surface area contributed by atoms with Crippen molar-refractivity contribution in [3.8, 4) is 11.3 Å². The summed E-state index contributed by atoms with van der Waals surface area (Å²) in [6, 6.07) is 6.69. The van der Waals surface area contributed by atoms with Gasteiger partial charge in [-0.2, -0.15) is 5.10 Å². The smallest absolute Gasteiger partial charge is 0.132 e. The zero-order valence-corrected chi connectivity index (χ0v) is 10.6. The van der Waals surface area contributed by atoms with Crippen LogP contribution < -0.4 is 0 Å². The topological polar surface area (TPSA) is 52.1 Å². The summed E-state index contributed by atoms with van der Waals surface area (Å²) >= 11 is 0. The molecule has 4 nitrogen and oxygen atoms in total. The fraction of sp³-hybridized carbons (Fsp3) is 0.357. The Morgan fingerprint density at radius 2 is 2.21 bits per heavy atom. The molecular formula is C14H16FN3O. The summed E-state index contributed by atoms with van der Waals surface area (Å²) < 4.78 is 13.9. The highest BCUT2D eigenvalue weighted by atomic mass is 19.1. The van der Waals surface area contributed by atoms with Crippen LogP contribution in [0, 0.1) is 5.82 Å². The van der Waals surface area contributed by atoms with Crippen molar-refractivity contribution < 1.29 is 9.50 Å². The molecule has 0 radical (unpaired) electrons. The number of benzene rings is 1. The Morgan fingerprint density at radius 1 is 1.37 bits per heavy atom. The van der Waals surface area contributed by atoms with Crippen molar-refractivity contribution in [2.45, 2.75) is 13.0 Å². The van der Waals surface area contributed by atoms with Crippen LogP contribution in [0.25, 0.3) is 11.3 Å². The Bertz CT molecular complexity index is 582. The quantitative estimate of drug-likeness (QED) is 0.881. The molecule has 0 amide bonds. The van der Waals surface area contributed by atoms with Crippen LogP contribution in [0.3, 0.4) is 0 Å². The fourth-order valence-electron chi connectivity index (χ4n) is 2.56. The van der Waals surface area contributed by atoms with Crippen LogP contribution in [-0.4, -0.2) is 39.9 Å². The van der Waals surface area contributed by atoms with E-state index in [4.69, 9.17) is 5.11 Å². The van der Waals surface area contributed by atoms with Gasteiger partial charge in [-0.25, -0.2) is 4.39 Å². The largest absolute Gasteiger partial charge is 0.395 e. The van der Waals surface area contributed by atoms with Crippen LogP contribution in [0.15, 0.2) is 24.3 Å². The molecule has 1 aromatic heterocycles. The van der Waals surface area contributed by atoms with E-state index in [1.54, 1.807) is 12.1 Å². The molecule has 1 aromatic carbocycles. The maximum Gasteiger partial charge on any atom is 0.132 e. The number of hydrogen-bond acceptors (Lipinski definition) is 3. The van der Waals surface area contributed by atoms with Crippen LogP contribution in [0.4, 0.5) is 4.39 Å². The lowest BCUT2D eigenvalue weighted by molar-refractivity contribution is 0.184. The lowest BCUT2D eigenvalue weighted by atomic mass is 10.0. The Hall–Kier alpha value is -1.72. The summed E-state index contributed by atoms with van der Waals surface area (Å²) in [5.41, 5.74) is 3.35. The van der Waals surface area contributed by atoms with Gasteiger partial charge in [0.15, 0.2) is 0 Å². The van der Waals surface area contributed by atoms with E-state index >= 15 is 0 Å². The normalized spacial score (nSPS) is 15.5. The van der Waals surface area contributed by atoms with E-state index < -0.39 is 0 Å². The predicted molar refractivity (Wildman–Crippen MR) is 70.0 cm³/mol. The molecule has 0 unspecified atom stereocenters. The molecule has 0 fully saturated rings. The Balaban J connectivity index is 1.97. The summed E-state index contributed by atoms with van der Waals surface area (Å²) in [4.78, 5) is 2.15. The third-order valence-electron chi connectivity index (χ3n) is 3.56. The summed E-state index contributed by atoms with van der Waals surface area (Å²) in [6.07, 6.45) is 0.858. The third kappa shape index (κ3) is 2.27. The number of fused-ring (bicyclic) bond motifs is 1. The maximum atomic E-state index is 13.9. The van der Waals surface area contributed by atoms with Crippen molar-refractivity contribution in [2.75, 3.05) is 19.7 Å². The van der Waals surface area contributed by atoms with E-state index in [9.17, 15) is 4.39 Å². The van der Waals surface area contributed by atoms with Crippen molar-refractivity contribution >= 4 is 0 Å². The van der Waals surface area contributed by atoms with Gasteiger partial charge in [-0.3, -0.25) is 10.00 Å². The highest BCUT2D eigenvalue weighted by Gasteiger charge is 2.23. The number of aromatic nitrogens is 2. The van der Waals surface area contributed by atoms with Crippen LogP contribution in [0.2, 0.25) is 0 Å². The molecule has 0 spiro atoms. The first kappa shape index (κ1) is 12.3. The monoisotopic (exact) mass is 261 g/mol. The second-order valence-electron chi connectivity index (χ2n) is 4.76. The van der Waals surface area contributed by atoms with E-state index in [-0.39, 0.29) is 12.4 Å². The molecule has 0 bridgehead atoms. The van der Waals surface area contributed by atoms with Gasteiger partial charge in [0.1, 0.15) is 5.82 Å². The predicted octanol–water partition coefficient (Wildman–Crippen LogP) is 1.57. The second-order valence-corrected chi connectivity index (χ2v) is 4.76. The first-order valence-electron chi connectivity index (χ1n) is 6.44. The number of aliphatic hydroxyl groups is 1. The minimum atomic E-state index is -0.254. The number of nitrogens with one attached hydrogen (secondary N) is 1. The zero-order chi connectivity index (χ0) is 13.2. The van der Waals surface area contributed by atoms with Gasteiger partial charge < -0.3 is 5.11 Å². The first-order chi connectivity index (χ1) is 9.29. The van der Waals surface area contributed by atoms with Gasteiger partial charge >= 0.3 is 0 Å². The van der Waals surface area contributed by atoms with Gasteiger partial charge in [0.25, 0.3) is 0 Å². The number of nitrogens with zero attached hydrogens (tertiary/aromatic N) is 2. The van der Waals surface area contributed by atoms with E-state index in [0.29, 0.717) is 24.3 Å². The van der Waals surface area contributed by atoms with Crippen LogP contribution in [-0.2, 0) is 13.0 Å². The highest BCUT2D eigenvalue weighted by molar-refractivity contribution is 5.64. The summed E-state index contributed by atoms with van der Waals surface area (Å²) in [5, 5.41) is 16.3. The molecule has 1 aliphatic heterocycles. The maximum absolute atomic E-state index is 13.9. The van der Waals surface area contributed by atoms with Crippen molar-refractivity contribution in [3.05, 3.63) is 41.3 Å². The molecular weight excluding hydrogens is 245 g/mol. The molecule has 3 rings (SSSR count). The average Bonchev–Trinajstić information content (AvgIpc) is 2.83. The SMILES string of the molecule is OCCN1CCc2[nH]nc(-c3ccccc3F)c2C1. The molecule has 0 saturated heterocycles. The van der Waals surface area contributed by atoms with Crippen LogP contribution >= 0.6 is 0 Å². The summed E-state index contributed by atoms with van der Waals surface area (Å²) in [6.45, 7) is 2.38. The number of aliphatic hydroxyl groups excluding tert-OH is 1. The van der Waals surface area contributed by atoms with Crippen LogP contribution in [0.5, 0.6) is 0 Å². The third-order valence-corrected chi connectivity index (χ3v) is 3.56. The molecule has 0 atom stereocenters. The van der Waals surface area contributed by atoms with Gasteiger partial charge in [-0.15, -0.1) is 0 Å². The Morgan fingerprint density at radius 3 is 3.00 bits per heavy atom. The number of H-pyrrole nitrogens is 1. The molecule has 2 aromatic rings. The van der Waals surface area contributed by atoms with Gasteiger partial charge in [0.2, 0.25) is 0 Å². The molecule has 19 heavy (non-hydrogen) atoms. The van der Waals surface area contributed by atoms with Gasteiger partial charge in [0.05, 0.1) is 12.3 Å². The molecule has 2 N–H and O–H groups in total. The van der Waals surface area contributed by atoms with Gasteiger partial charge in [0, 0.05) is 42.9 Å². The number of halogens is 1. The van der Waals surface area contributed by atoms with E-state index in [1.165, 1.54) is 6.07 Å². The lowest BCUT2D eigenvalue weighted by Gasteiger charge is -2.26. The number of β-amino-alcohol motifs (C(OH)–C–C–N with tert-alkyl or cyclic N) is 1. The molecule has 100 valence electrons. The number of rotatable bonds is 3. The Labute approximate surface area is 110 Å². The first-order valence-corrected chi connectivity index (χ1v) is 6.44. The van der Waals surface area contributed by atoms with Crippen molar-refractivity contribution in [1.82, 2.24) is 15.1 Å². The summed E-state index contributed by atoms with van der Waals surface area (Å²) in [7, 11) is 0. The Kier molecular flexibility index (Phi) is 3.31. The molecule has 1 aliphatic rings. The lowest BCUT2D eigenvalue weighted by Crippen LogP contribution is -2.32. The van der Waals surface area contributed by atoms with Crippen molar-refractivity contribution in [1.29, 1.82) is 0 Å². The minimum Gasteiger partial charge on any atom is -0.395 e. The molecule has 2 heterocycles. The number of hydrogen-bond donors (Lipinski definition) is 2. The molecule has 0 saturated carbocycles. The van der Waals surface area contributed by atoms with Gasteiger partial charge in [-0.05, 0) is 12.1 Å². The molecule has 5 heteroatoms. The van der Waals surface area contributed by atoms with E-state index in [1.807, 2.05) is 6.07 Å². The average molecular weight is 261 g/mol. The van der Waals surface area contributed by atoms with Gasteiger partial charge in [-0.1, -0.05) is 12.1 Å².